The first-order valence-corrected chi connectivity index (χ1v) is 6.90. The van der Waals surface area contributed by atoms with E-state index in [1.165, 1.54) is 5.56 Å². The summed E-state index contributed by atoms with van der Waals surface area (Å²) in [6.45, 7) is 3.37. The molecule has 0 aliphatic carbocycles. The number of hydrogen-bond donors (Lipinski definition) is 1. The highest BCUT2D eigenvalue weighted by Gasteiger charge is 2.46. The van der Waals surface area contributed by atoms with Gasteiger partial charge in [0.2, 0.25) is 0 Å². The van der Waals surface area contributed by atoms with Gasteiger partial charge in [0.1, 0.15) is 5.75 Å². The SMILES string of the molecule is COc1ccc(C2(N3CCC(O)CC3)COC2)cc1. The summed E-state index contributed by atoms with van der Waals surface area (Å²) >= 11 is 0. The number of likely N-dealkylation sites (tertiary alicyclic amines) is 1. The molecule has 1 N–H and O–H groups in total. The summed E-state index contributed by atoms with van der Waals surface area (Å²) in [6.07, 6.45) is 1.58. The third-order valence-electron chi connectivity index (χ3n) is 4.38. The first-order chi connectivity index (χ1) is 9.24. The summed E-state index contributed by atoms with van der Waals surface area (Å²) in [5.74, 6) is 0.883. The Kier molecular flexibility index (Phi) is 3.48. The molecule has 0 spiro atoms. The first kappa shape index (κ1) is 12.9. The molecule has 0 unspecified atom stereocenters. The normalized spacial score (nSPS) is 23.9. The fourth-order valence-corrected chi connectivity index (χ4v) is 3.02. The van der Waals surface area contributed by atoms with Crippen molar-refractivity contribution in [2.75, 3.05) is 33.4 Å². The van der Waals surface area contributed by atoms with E-state index in [9.17, 15) is 5.11 Å². The van der Waals surface area contributed by atoms with E-state index in [4.69, 9.17) is 9.47 Å². The van der Waals surface area contributed by atoms with Crippen LogP contribution in [0.2, 0.25) is 0 Å². The van der Waals surface area contributed by atoms with Crippen LogP contribution >= 0.6 is 0 Å². The molecule has 0 radical (unpaired) electrons. The Labute approximate surface area is 113 Å². The minimum absolute atomic E-state index is 0.00636. The monoisotopic (exact) mass is 263 g/mol. The standard InChI is InChI=1S/C15H21NO3/c1-18-14-4-2-12(3-5-14)15(10-19-11-15)16-8-6-13(17)7-9-16/h2-5,13,17H,6-11H2,1H3. The Morgan fingerprint density at radius 3 is 2.32 bits per heavy atom. The van der Waals surface area contributed by atoms with Crippen molar-refractivity contribution in [3.05, 3.63) is 29.8 Å². The predicted molar refractivity (Wildman–Crippen MR) is 72.3 cm³/mol. The lowest BCUT2D eigenvalue weighted by Crippen LogP contribution is -2.61. The quantitative estimate of drug-likeness (QED) is 0.894. The number of benzene rings is 1. The minimum atomic E-state index is -0.134. The van der Waals surface area contributed by atoms with Crippen molar-refractivity contribution in [3.63, 3.8) is 0 Å². The summed E-state index contributed by atoms with van der Waals surface area (Å²) in [4.78, 5) is 2.46. The van der Waals surface area contributed by atoms with Crippen molar-refractivity contribution >= 4 is 0 Å². The summed E-state index contributed by atoms with van der Waals surface area (Å²) in [5, 5.41) is 9.65. The summed E-state index contributed by atoms with van der Waals surface area (Å²) in [6, 6.07) is 8.28. The Morgan fingerprint density at radius 1 is 1.21 bits per heavy atom. The van der Waals surface area contributed by atoms with Gasteiger partial charge in [0.25, 0.3) is 0 Å². The van der Waals surface area contributed by atoms with Gasteiger partial charge in [-0.25, -0.2) is 0 Å². The average molecular weight is 263 g/mol. The van der Waals surface area contributed by atoms with Gasteiger partial charge in [-0.15, -0.1) is 0 Å². The molecule has 2 saturated heterocycles. The maximum absolute atomic E-state index is 9.65. The highest BCUT2D eigenvalue weighted by molar-refractivity contribution is 5.33. The number of hydrogen-bond acceptors (Lipinski definition) is 4. The van der Waals surface area contributed by atoms with Crippen molar-refractivity contribution in [2.24, 2.45) is 0 Å². The zero-order valence-corrected chi connectivity index (χ0v) is 11.3. The van der Waals surface area contributed by atoms with E-state index in [1.54, 1.807) is 7.11 Å². The van der Waals surface area contributed by atoms with E-state index >= 15 is 0 Å². The summed E-state index contributed by atoms with van der Waals surface area (Å²) < 4.78 is 10.7. The molecule has 2 fully saturated rings. The zero-order chi connectivity index (χ0) is 13.3. The van der Waals surface area contributed by atoms with Crippen LogP contribution in [-0.2, 0) is 10.3 Å². The van der Waals surface area contributed by atoms with Crippen LogP contribution in [0.3, 0.4) is 0 Å². The van der Waals surface area contributed by atoms with Crippen LogP contribution < -0.4 is 4.74 Å². The zero-order valence-electron chi connectivity index (χ0n) is 11.3. The molecule has 1 aromatic rings. The molecular formula is C15H21NO3. The fraction of sp³-hybridized carbons (Fsp3) is 0.600. The van der Waals surface area contributed by atoms with Crippen LogP contribution in [-0.4, -0.2) is 49.5 Å². The number of aliphatic hydroxyl groups excluding tert-OH is 1. The van der Waals surface area contributed by atoms with Gasteiger partial charge in [-0.2, -0.15) is 0 Å². The molecule has 0 atom stereocenters. The van der Waals surface area contributed by atoms with Crippen molar-refractivity contribution < 1.29 is 14.6 Å². The van der Waals surface area contributed by atoms with Crippen LogP contribution in [0.5, 0.6) is 5.75 Å². The molecule has 2 aliphatic heterocycles. The molecule has 19 heavy (non-hydrogen) atoms. The molecule has 0 saturated carbocycles. The average Bonchev–Trinajstić information content (AvgIpc) is 2.40. The van der Waals surface area contributed by atoms with E-state index in [0.29, 0.717) is 0 Å². The van der Waals surface area contributed by atoms with Gasteiger partial charge in [-0.3, -0.25) is 4.90 Å². The third-order valence-corrected chi connectivity index (χ3v) is 4.38. The number of aliphatic hydroxyl groups is 1. The molecule has 3 rings (SSSR count). The third kappa shape index (κ3) is 2.24. The largest absolute Gasteiger partial charge is 0.497 e. The minimum Gasteiger partial charge on any atom is -0.497 e. The molecular weight excluding hydrogens is 242 g/mol. The lowest BCUT2D eigenvalue weighted by atomic mass is 9.84. The molecule has 2 heterocycles. The molecule has 0 amide bonds. The van der Waals surface area contributed by atoms with E-state index in [1.807, 2.05) is 12.1 Å². The summed E-state index contributed by atoms with van der Waals surface area (Å²) in [7, 11) is 1.68. The van der Waals surface area contributed by atoms with Crippen LogP contribution in [0, 0.1) is 0 Å². The Balaban J connectivity index is 1.81. The van der Waals surface area contributed by atoms with Crippen molar-refractivity contribution in [1.82, 2.24) is 4.90 Å². The Morgan fingerprint density at radius 2 is 1.84 bits per heavy atom. The van der Waals surface area contributed by atoms with E-state index in [-0.39, 0.29) is 11.6 Å². The lowest BCUT2D eigenvalue weighted by Gasteiger charge is -2.52. The van der Waals surface area contributed by atoms with Gasteiger partial charge in [0.15, 0.2) is 0 Å². The van der Waals surface area contributed by atoms with E-state index in [0.717, 1.165) is 44.9 Å². The smallest absolute Gasteiger partial charge is 0.118 e. The van der Waals surface area contributed by atoms with Gasteiger partial charge >= 0.3 is 0 Å². The van der Waals surface area contributed by atoms with Crippen molar-refractivity contribution in [2.45, 2.75) is 24.5 Å². The molecule has 104 valence electrons. The van der Waals surface area contributed by atoms with E-state index in [2.05, 4.69) is 17.0 Å². The fourth-order valence-electron chi connectivity index (χ4n) is 3.02. The highest BCUT2D eigenvalue weighted by Crippen LogP contribution is 2.38. The van der Waals surface area contributed by atoms with Crippen LogP contribution in [0.25, 0.3) is 0 Å². The highest BCUT2D eigenvalue weighted by atomic mass is 16.5. The summed E-state index contributed by atoms with van der Waals surface area (Å²) in [5.41, 5.74) is 1.29. The molecule has 2 aliphatic rings. The van der Waals surface area contributed by atoms with Crippen LogP contribution in [0.4, 0.5) is 0 Å². The van der Waals surface area contributed by atoms with E-state index < -0.39 is 0 Å². The van der Waals surface area contributed by atoms with Crippen molar-refractivity contribution in [3.8, 4) is 5.75 Å². The molecule has 4 nitrogen and oxygen atoms in total. The molecule has 0 aromatic heterocycles. The van der Waals surface area contributed by atoms with Gasteiger partial charge in [0.05, 0.1) is 32.0 Å². The number of ether oxygens (including phenoxy) is 2. The molecule has 1 aromatic carbocycles. The van der Waals surface area contributed by atoms with Gasteiger partial charge in [-0.05, 0) is 30.5 Å². The lowest BCUT2D eigenvalue weighted by molar-refractivity contribution is -0.157. The van der Waals surface area contributed by atoms with Crippen LogP contribution in [0.15, 0.2) is 24.3 Å². The van der Waals surface area contributed by atoms with Gasteiger partial charge in [0, 0.05) is 13.1 Å². The number of piperidine rings is 1. The number of nitrogens with zero attached hydrogens (tertiary/aromatic N) is 1. The van der Waals surface area contributed by atoms with Crippen molar-refractivity contribution in [1.29, 1.82) is 0 Å². The second kappa shape index (κ2) is 5.12. The first-order valence-electron chi connectivity index (χ1n) is 6.90. The predicted octanol–water partition coefficient (Wildman–Crippen LogP) is 1.38. The topological polar surface area (TPSA) is 41.9 Å². The van der Waals surface area contributed by atoms with Crippen LogP contribution in [0.1, 0.15) is 18.4 Å². The number of rotatable bonds is 3. The maximum atomic E-state index is 9.65. The van der Waals surface area contributed by atoms with Gasteiger partial charge in [-0.1, -0.05) is 12.1 Å². The Bertz CT molecular complexity index is 420. The Hall–Kier alpha value is -1.10. The second-order valence-corrected chi connectivity index (χ2v) is 5.47. The maximum Gasteiger partial charge on any atom is 0.118 e. The second-order valence-electron chi connectivity index (χ2n) is 5.47. The number of methoxy groups -OCH3 is 1. The molecule has 0 bridgehead atoms. The molecule has 4 heteroatoms. The van der Waals surface area contributed by atoms with Gasteiger partial charge < -0.3 is 14.6 Å².